The number of nitrogens with zero attached hydrogens (tertiary/aromatic N) is 3. The molecule has 154 valence electrons. The summed E-state index contributed by atoms with van der Waals surface area (Å²) in [5, 5.41) is 0. The lowest BCUT2D eigenvalue weighted by molar-refractivity contribution is -0.137. The molecule has 9 heteroatoms. The zero-order valence-corrected chi connectivity index (χ0v) is 15.7. The van der Waals surface area contributed by atoms with E-state index >= 15 is 0 Å². The van der Waals surface area contributed by atoms with Crippen LogP contribution in [0.3, 0.4) is 0 Å². The topological polar surface area (TPSA) is 60.5 Å². The van der Waals surface area contributed by atoms with E-state index in [4.69, 9.17) is 9.15 Å². The molecule has 0 spiro atoms. The predicted octanol–water partition coefficient (Wildman–Crippen LogP) is 3.83. The predicted molar refractivity (Wildman–Crippen MR) is 98.1 cm³/mol. The first-order valence-electron chi connectivity index (χ1n) is 8.86. The number of aromatic nitrogens is 2. The molecule has 0 saturated carbocycles. The van der Waals surface area contributed by atoms with Crippen LogP contribution in [-0.2, 0) is 24.0 Å². The highest BCUT2D eigenvalue weighted by atomic mass is 19.4. The molecule has 2 heterocycles. The summed E-state index contributed by atoms with van der Waals surface area (Å²) < 4.78 is 50.2. The molecule has 29 heavy (non-hydrogen) atoms. The molecular formula is C20H20F3N3O3. The SMILES string of the molecule is COCCN(Cc1nccn1Cc1ccc(C(F)(F)F)cc1)C(=O)c1ccco1. The summed E-state index contributed by atoms with van der Waals surface area (Å²) in [6.45, 7) is 1.21. The second-order valence-corrected chi connectivity index (χ2v) is 6.36. The summed E-state index contributed by atoms with van der Waals surface area (Å²) >= 11 is 0. The number of carbonyl (C=O) groups excluding carboxylic acids is 1. The molecule has 0 radical (unpaired) electrons. The van der Waals surface area contributed by atoms with Gasteiger partial charge in [-0.25, -0.2) is 4.98 Å². The van der Waals surface area contributed by atoms with Gasteiger partial charge in [0.2, 0.25) is 0 Å². The summed E-state index contributed by atoms with van der Waals surface area (Å²) in [5.74, 6) is 0.513. The third-order valence-electron chi connectivity index (χ3n) is 4.35. The Balaban J connectivity index is 1.74. The van der Waals surface area contributed by atoms with Crippen LogP contribution in [-0.4, -0.2) is 40.6 Å². The minimum absolute atomic E-state index is 0.205. The molecule has 2 aromatic heterocycles. The van der Waals surface area contributed by atoms with Crippen molar-refractivity contribution in [3.63, 3.8) is 0 Å². The molecule has 0 bridgehead atoms. The van der Waals surface area contributed by atoms with Gasteiger partial charge in [0.25, 0.3) is 5.91 Å². The van der Waals surface area contributed by atoms with Gasteiger partial charge in [-0.05, 0) is 29.8 Å². The number of benzene rings is 1. The van der Waals surface area contributed by atoms with Gasteiger partial charge in [0, 0.05) is 32.6 Å². The van der Waals surface area contributed by atoms with Gasteiger partial charge in [0.1, 0.15) is 5.82 Å². The smallest absolute Gasteiger partial charge is 0.416 e. The lowest BCUT2D eigenvalue weighted by atomic mass is 10.1. The van der Waals surface area contributed by atoms with Crippen molar-refractivity contribution in [1.82, 2.24) is 14.5 Å². The minimum atomic E-state index is -4.37. The summed E-state index contributed by atoms with van der Waals surface area (Å²) in [6, 6.07) is 8.19. The van der Waals surface area contributed by atoms with E-state index in [-0.39, 0.29) is 18.2 Å². The fraction of sp³-hybridized carbons (Fsp3) is 0.300. The van der Waals surface area contributed by atoms with Crippen LogP contribution in [0.15, 0.2) is 59.5 Å². The van der Waals surface area contributed by atoms with Gasteiger partial charge < -0.3 is 18.6 Å². The van der Waals surface area contributed by atoms with E-state index in [1.54, 1.807) is 41.1 Å². The van der Waals surface area contributed by atoms with Gasteiger partial charge in [0.15, 0.2) is 5.76 Å². The normalized spacial score (nSPS) is 11.6. The summed E-state index contributed by atoms with van der Waals surface area (Å²) in [4.78, 5) is 18.5. The van der Waals surface area contributed by atoms with Crippen LogP contribution in [0, 0.1) is 0 Å². The summed E-state index contributed by atoms with van der Waals surface area (Å²) in [7, 11) is 1.54. The molecule has 0 aliphatic rings. The van der Waals surface area contributed by atoms with Crippen LogP contribution in [0.1, 0.15) is 27.5 Å². The highest BCUT2D eigenvalue weighted by molar-refractivity contribution is 5.91. The van der Waals surface area contributed by atoms with Crippen molar-refractivity contribution in [2.75, 3.05) is 20.3 Å². The molecule has 1 aromatic carbocycles. The van der Waals surface area contributed by atoms with E-state index in [1.165, 1.54) is 18.4 Å². The molecule has 0 aliphatic carbocycles. The fourth-order valence-corrected chi connectivity index (χ4v) is 2.81. The van der Waals surface area contributed by atoms with Crippen LogP contribution in [0.4, 0.5) is 13.2 Å². The second-order valence-electron chi connectivity index (χ2n) is 6.36. The Morgan fingerprint density at radius 1 is 1.24 bits per heavy atom. The number of furan rings is 1. The third-order valence-corrected chi connectivity index (χ3v) is 4.35. The number of carbonyl (C=O) groups is 1. The maximum atomic E-state index is 12.7. The van der Waals surface area contributed by atoms with Gasteiger partial charge in [-0.1, -0.05) is 12.1 Å². The first-order chi connectivity index (χ1) is 13.9. The Kier molecular flexibility index (Phi) is 6.38. The Labute approximate surface area is 165 Å². The Morgan fingerprint density at radius 2 is 2.00 bits per heavy atom. The van der Waals surface area contributed by atoms with Crippen LogP contribution >= 0.6 is 0 Å². The highest BCUT2D eigenvalue weighted by Crippen LogP contribution is 2.29. The average molecular weight is 407 g/mol. The number of amides is 1. The van der Waals surface area contributed by atoms with Gasteiger partial charge in [-0.15, -0.1) is 0 Å². The van der Waals surface area contributed by atoms with Crippen molar-refractivity contribution in [1.29, 1.82) is 0 Å². The molecular weight excluding hydrogens is 387 g/mol. The minimum Gasteiger partial charge on any atom is -0.459 e. The van der Waals surface area contributed by atoms with Gasteiger partial charge >= 0.3 is 6.18 Å². The van der Waals surface area contributed by atoms with Crippen LogP contribution in [0.5, 0.6) is 0 Å². The van der Waals surface area contributed by atoms with Gasteiger partial charge in [0.05, 0.1) is 25.0 Å². The van der Waals surface area contributed by atoms with Crippen LogP contribution in [0.2, 0.25) is 0 Å². The number of hydrogen-bond acceptors (Lipinski definition) is 4. The van der Waals surface area contributed by atoms with E-state index in [9.17, 15) is 18.0 Å². The zero-order valence-electron chi connectivity index (χ0n) is 15.7. The lowest BCUT2D eigenvalue weighted by Crippen LogP contribution is -2.34. The number of ether oxygens (including phenoxy) is 1. The Bertz CT molecular complexity index is 919. The number of hydrogen-bond donors (Lipinski definition) is 0. The van der Waals surface area contributed by atoms with E-state index < -0.39 is 11.7 Å². The Morgan fingerprint density at radius 3 is 2.62 bits per heavy atom. The van der Waals surface area contributed by atoms with E-state index in [0.717, 1.165) is 12.1 Å². The van der Waals surface area contributed by atoms with E-state index in [2.05, 4.69) is 4.98 Å². The average Bonchev–Trinajstić information content (AvgIpc) is 3.37. The third kappa shape index (κ3) is 5.26. The highest BCUT2D eigenvalue weighted by Gasteiger charge is 2.30. The van der Waals surface area contributed by atoms with Crippen molar-refractivity contribution in [3.8, 4) is 0 Å². The maximum Gasteiger partial charge on any atom is 0.416 e. The molecule has 0 saturated heterocycles. The van der Waals surface area contributed by atoms with Crippen molar-refractivity contribution in [2.45, 2.75) is 19.3 Å². The fourth-order valence-electron chi connectivity index (χ4n) is 2.81. The van der Waals surface area contributed by atoms with Crippen molar-refractivity contribution in [3.05, 3.63) is 77.8 Å². The molecule has 0 atom stereocenters. The van der Waals surface area contributed by atoms with Crippen molar-refractivity contribution < 1.29 is 27.1 Å². The van der Waals surface area contributed by atoms with E-state index in [1.807, 2.05) is 0 Å². The molecule has 3 aromatic rings. The second kappa shape index (κ2) is 8.95. The van der Waals surface area contributed by atoms with Crippen molar-refractivity contribution >= 4 is 5.91 Å². The molecule has 0 aliphatic heterocycles. The zero-order chi connectivity index (χ0) is 20.9. The van der Waals surface area contributed by atoms with Crippen LogP contribution < -0.4 is 0 Å². The standard InChI is InChI=1S/C20H20F3N3O3/c1-28-12-10-26(19(27)17-3-2-11-29-17)14-18-24-8-9-25(18)13-15-4-6-16(7-5-15)20(21,22)23/h2-9,11H,10,12-14H2,1H3. The van der Waals surface area contributed by atoms with Gasteiger partial charge in [-0.3, -0.25) is 4.79 Å². The largest absolute Gasteiger partial charge is 0.459 e. The number of halogens is 3. The molecule has 3 rings (SSSR count). The summed E-state index contributed by atoms with van der Waals surface area (Å²) in [6.07, 6.45) is 0.365. The van der Waals surface area contributed by atoms with Gasteiger partial charge in [-0.2, -0.15) is 13.2 Å². The number of alkyl halides is 3. The lowest BCUT2D eigenvalue weighted by Gasteiger charge is -2.21. The molecule has 0 fully saturated rings. The number of imidazole rings is 1. The molecule has 1 amide bonds. The Hall–Kier alpha value is -3.07. The first-order valence-corrected chi connectivity index (χ1v) is 8.86. The maximum absolute atomic E-state index is 12.7. The number of methoxy groups -OCH3 is 1. The molecule has 0 N–H and O–H groups in total. The molecule has 6 nitrogen and oxygen atoms in total. The quantitative estimate of drug-likeness (QED) is 0.569. The van der Waals surface area contributed by atoms with Crippen molar-refractivity contribution in [2.24, 2.45) is 0 Å². The van der Waals surface area contributed by atoms with Crippen LogP contribution in [0.25, 0.3) is 0 Å². The molecule has 0 unspecified atom stereocenters. The summed E-state index contributed by atoms with van der Waals surface area (Å²) in [5.41, 5.74) is -0.0000532. The monoisotopic (exact) mass is 407 g/mol. The number of rotatable bonds is 8. The first kappa shape index (κ1) is 20.7. The van der Waals surface area contributed by atoms with E-state index in [0.29, 0.717) is 31.1 Å².